The minimum atomic E-state index is 0.0253. The van der Waals surface area contributed by atoms with E-state index in [9.17, 15) is 4.79 Å². The number of anilines is 1. The van der Waals surface area contributed by atoms with E-state index in [1.165, 1.54) is 13.3 Å². The van der Waals surface area contributed by atoms with Crippen LogP contribution in [-0.2, 0) is 4.79 Å². The number of aromatic nitrogens is 2. The largest absolute Gasteiger partial charge is 0.352 e. The SMILES string of the molecule is CC.CC.CC(=O)NC1CN(c2ccncn2)C1. The van der Waals surface area contributed by atoms with Crippen LogP contribution >= 0.6 is 0 Å². The summed E-state index contributed by atoms with van der Waals surface area (Å²) in [6.07, 6.45) is 3.25. The zero-order chi connectivity index (χ0) is 14.0. The highest BCUT2D eigenvalue weighted by Gasteiger charge is 2.27. The van der Waals surface area contributed by atoms with Crippen molar-refractivity contribution in [1.82, 2.24) is 15.3 Å². The van der Waals surface area contributed by atoms with Gasteiger partial charge in [-0.25, -0.2) is 9.97 Å². The first-order valence-corrected chi connectivity index (χ1v) is 6.54. The lowest BCUT2D eigenvalue weighted by molar-refractivity contribution is -0.119. The number of amides is 1. The minimum Gasteiger partial charge on any atom is -0.352 e. The highest BCUT2D eigenvalue weighted by atomic mass is 16.1. The molecule has 102 valence electrons. The second kappa shape index (κ2) is 9.39. The number of nitrogens with one attached hydrogen (secondary N) is 1. The molecule has 0 saturated carbocycles. The van der Waals surface area contributed by atoms with Crippen molar-refractivity contribution in [2.75, 3.05) is 18.0 Å². The molecule has 1 N–H and O–H groups in total. The molecule has 0 unspecified atom stereocenters. The van der Waals surface area contributed by atoms with E-state index >= 15 is 0 Å². The van der Waals surface area contributed by atoms with Gasteiger partial charge in [0.15, 0.2) is 0 Å². The van der Waals surface area contributed by atoms with Crippen LogP contribution < -0.4 is 10.2 Å². The lowest BCUT2D eigenvalue weighted by Gasteiger charge is -2.40. The van der Waals surface area contributed by atoms with Crippen molar-refractivity contribution < 1.29 is 4.79 Å². The van der Waals surface area contributed by atoms with Crippen LogP contribution in [0.3, 0.4) is 0 Å². The molecule has 1 fully saturated rings. The second-order valence-electron chi connectivity index (χ2n) is 3.37. The summed E-state index contributed by atoms with van der Waals surface area (Å²) in [6.45, 7) is 11.2. The third-order valence-corrected chi connectivity index (χ3v) is 2.18. The van der Waals surface area contributed by atoms with Gasteiger partial charge in [-0.2, -0.15) is 0 Å². The summed E-state index contributed by atoms with van der Waals surface area (Å²) in [4.78, 5) is 20.8. The van der Waals surface area contributed by atoms with Gasteiger partial charge in [-0.15, -0.1) is 0 Å². The Labute approximate surface area is 110 Å². The minimum absolute atomic E-state index is 0.0253. The number of hydrogen-bond donors (Lipinski definition) is 1. The molecule has 0 radical (unpaired) electrons. The molecule has 2 heterocycles. The van der Waals surface area contributed by atoms with Crippen LogP contribution in [0.4, 0.5) is 5.82 Å². The Kier molecular flexibility index (Phi) is 8.53. The summed E-state index contributed by atoms with van der Waals surface area (Å²) in [5.74, 6) is 0.943. The Morgan fingerprint density at radius 1 is 1.33 bits per heavy atom. The molecule has 2 rings (SSSR count). The van der Waals surface area contributed by atoms with Crippen molar-refractivity contribution in [2.24, 2.45) is 0 Å². The van der Waals surface area contributed by atoms with Crippen molar-refractivity contribution in [1.29, 1.82) is 0 Å². The van der Waals surface area contributed by atoms with Gasteiger partial charge in [0.25, 0.3) is 0 Å². The Morgan fingerprint density at radius 3 is 2.39 bits per heavy atom. The molecule has 1 aliphatic heterocycles. The predicted octanol–water partition coefficient (Wildman–Crippen LogP) is 1.85. The van der Waals surface area contributed by atoms with Gasteiger partial charge >= 0.3 is 0 Å². The molecule has 1 saturated heterocycles. The maximum atomic E-state index is 10.7. The number of carbonyl (C=O) groups is 1. The zero-order valence-corrected chi connectivity index (χ0v) is 12.0. The Morgan fingerprint density at radius 2 is 1.94 bits per heavy atom. The van der Waals surface area contributed by atoms with Gasteiger partial charge in [0.05, 0.1) is 6.04 Å². The van der Waals surface area contributed by atoms with E-state index in [4.69, 9.17) is 0 Å². The molecule has 5 heteroatoms. The maximum absolute atomic E-state index is 10.7. The molecule has 0 aromatic carbocycles. The number of nitrogens with zero attached hydrogens (tertiary/aromatic N) is 3. The summed E-state index contributed by atoms with van der Waals surface area (Å²) < 4.78 is 0. The maximum Gasteiger partial charge on any atom is 0.217 e. The third-order valence-electron chi connectivity index (χ3n) is 2.18. The summed E-state index contributed by atoms with van der Waals surface area (Å²) in [5, 5.41) is 2.85. The van der Waals surface area contributed by atoms with E-state index in [1.807, 2.05) is 33.8 Å². The quantitative estimate of drug-likeness (QED) is 0.872. The van der Waals surface area contributed by atoms with Gasteiger partial charge < -0.3 is 10.2 Å². The van der Waals surface area contributed by atoms with Gasteiger partial charge in [0.1, 0.15) is 12.1 Å². The standard InChI is InChI=1S/C9H12N4O.2C2H6/c1-7(14)12-8-4-13(5-8)9-2-3-10-6-11-9;2*1-2/h2-3,6,8H,4-5H2,1H3,(H,12,14);2*1-2H3. The highest BCUT2D eigenvalue weighted by Crippen LogP contribution is 2.16. The van der Waals surface area contributed by atoms with Gasteiger partial charge in [-0.1, -0.05) is 27.7 Å². The summed E-state index contributed by atoms with van der Waals surface area (Å²) in [6, 6.07) is 2.13. The first-order chi connectivity index (χ1) is 8.75. The average Bonchev–Trinajstić information content (AvgIpc) is 2.39. The van der Waals surface area contributed by atoms with Crippen molar-refractivity contribution in [3.05, 3.63) is 18.6 Å². The third kappa shape index (κ3) is 5.12. The van der Waals surface area contributed by atoms with Crippen molar-refractivity contribution >= 4 is 11.7 Å². The van der Waals surface area contributed by atoms with Crippen LogP contribution in [0.2, 0.25) is 0 Å². The van der Waals surface area contributed by atoms with Crippen LogP contribution in [-0.4, -0.2) is 35.0 Å². The van der Waals surface area contributed by atoms with Gasteiger partial charge in [0.2, 0.25) is 5.91 Å². The zero-order valence-electron chi connectivity index (χ0n) is 12.0. The van der Waals surface area contributed by atoms with E-state index < -0.39 is 0 Å². The Balaban J connectivity index is 0.000000659. The molecule has 0 spiro atoms. The summed E-state index contributed by atoms with van der Waals surface area (Å²) in [5.41, 5.74) is 0. The molecule has 18 heavy (non-hydrogen) atoms. The molecular weight excluding hydrogens is 228 g/mol. The summed E-state index contributed by atoms with van der Waals surface area (Å²) in [7, 11) is 0. The predicted molar refractivity (Wildman–Crippen MR) is 74.5 cm³/mol. The van der Waals surface area contributed by atoms with Crippen LogP contribution in [0.1, 0.15) is 34.6 Å². The van der Waals surface area contributed by atoms with Crippen LogP contribution in [0.5, 0.6) is 0 Å². The lowest BCUT2D eigenvalue weighted by atomic mass is 10.1. The van der Waals surface area contributed by atoms with E-state index in [0.29, 0.717) is 0 Å². The lowest BCUT2D eigenvalue weighted by Crippen LogP contribution is -2.59. The van der Waals surface area contributed by atoms with E-state index in [-0.39, 0.29) is 11.9 Å². The second-order valence-corrected chi connectivity index (χ2v) is 3.37. The molecule has 0 bridgehead atoms. The van der Waals surface area contributed by atoms with Crippen LogP contribution in [0.15, 0.2) is 18.6 Å². The van der Waals surface area contributed by atoms with Gasteiger partial charge in [-0.05, 0) is 6.07 Å². The smallest absolute Gasteiger partial charge is 0.217 e. The first-order valence-electron chi connectivity index (χ1n) is 6.54. The highest BCUT2D eigenvalue weighted by molar-refractivity contribution is 5.73. The molecule has 1 aliphatic rings. The fraction of sp³-hybridized carbons (Fsp3) is 0.615. The van der Waals surface area contributed by atoms with Gasteiger partial charge in [-0.3, -0.25) is 4.79 Å². The number of rotatable bonds is 2. The fourth-order valence-corrected chi connectivity index (χ4v) is 1.52. The molecule has 1 aromatic rings. The molecule has 1 amide bonds. The van der Waals surface area contributed by atoms with Crippen molar-refractivity contribution in [3.63, 3.8) is 0 Å². The average molecular weight is 252 g/mol. The van der Waals surface area contributed by atoms with Crippen LogP contribution in [0.25, 0.3) is 0 Å². The molecule has 0 aliphatic carbocycles. The number of carbonyl (C=O) groups excluding carboxylic acids is 1. The van der Waals surface area contributed by atoms with E-state index in [0.717, 1.165) is 18.9 Å². The Bertz CT molecular complexity index is 323. The number of hydrogen-bond acceptors (Lipinski definition) is 4. The Hall–Kier alpha value is -1.65. The van der Waals surface area contributed by atoms with E-state index in [1.54, 1.807) is 6.20 Å². The van der Waals surface area contributed by atoms with Gasteiger partial charge in [0, 0.05) is 26.2 Å². The molecule has 5 nitrogen and oxygen atoms in total. The summed E-state index contributed by atoms with van der Waals surface area (Å²) >= 11 is 0. The monoisotopic (exact) mass is 252 g/mol. The van der Waals surface area contributed by atoms with Crippen molar-refractivity contribution in [2.45, 2.75) is 40.7 Å². The normalized spacial score (nSPS) is 13.3. The fourth-order valence-electron chi connectivity index (χ4n) is 1.52. The molecule has 0 atom stereocenters. The van der Waals surface area contributed by atoms with Crippen LogP contribution in [0, 0.1) is 0 Å². The first kappa shape index (κ1) is 16.4. The van der Waals surface area contributed by atoms with Crippen molar-refractivity contribution in [3.8, 4) is 0 Å². The molecule has 1 aromatic heterocycles. The topological polar surface area (TPSA) is 58.1 Å². The van der Waals surface area contributed by atoms with E-state index in [2.05, 4.69) is 20.2 Å². The molecular formula is C13H24N4O.